The molecule has 0 unspecified atom stereocenters. The van der Waals surface area contributed by atoms with Gasteiger partial charge in [0, 0.05) is 19.9 Å². The molecule has 0 aliphatic carbocycles. The highest BCUT2D eigenvalue weighted by Gasteiger charge is 2.31. The summed E-state index contributed by atoms with van der Waals surface area (Å²) in [6, 6.07) is 4.96. The van der Waals surface area contributed by atoms with Gasteiger partial charge >= 0.3 is 12.3 Å². The Morgan fingerprint density at radius 2 is 1.91 bits per heavy atom. The van der Waals surface area contributed by atoms with Crippen molar-refractivity contribution in [3.63, 3.8) is 0 Å². The van der Waals surface area contributed by atoms with Gasteiger partial charge in [-0.15, -0.1) is 13.2 Å². The number of carbonyl (C=O) groups excluding carboxylic acids is 2. The van der Waals surface area contributed by atoms with E-state index in [4.69, 9.17) is 4.74 Å². The molecule has 0 radical (unpaired) electrons. The first-order valence-electron chi connectivity index (χ1n) is 6.60. The minimum atomic E-state index is -4.75. The molecule has 0 saturated carbocycles. The molecule has 1 aromatic carbocycles. The van der Waals surface area contributed by atoms with Crippen LogP contribution in [0, 0.1) is 0 Å². The van der Waals surface area contributed by atoms with E-state index < -0.39 is 12.3 Å². The van der Waals surface area contributed by atoms with Gasteiger partial charge < -0.3 is 9.47 Å². The van der Waals surface area contributed by atoms with E-state index in [1.807, 2.05) is 0 Å². The van der Waals surface area contributed by atoms with Crippen LogP contribution in [0.2, 0.25) is 0 Å². The van der Waals surface area contributed by atoms with Crippen molar-refractivity contribution in [1.29, 1.82) is 0 Å². The van der Waals surface area contributed by atoms with Gasteiger partial charge in [0.15, 0.2) is 0 Å². The van der Waals surface area contributed by atoms with Crippen molar-refractivity contribution in [2.24, 2.45) is 5.10 Å². The minimum Gasteiger partial charge on any atom is -0.456 e. The Labute approximate surface area is 129 Å². The maximum atomic E-state index is 12.0. The molecule has 0 fully saturated rings. The van der Waals surface area contributed by atoms with Crippen LogP contribution in [0.4, 0.5) is 13.2 Å². The molecule has 1 aromatic rings. The van der Waals surface area contributed by atoms with E-state index in [2.05, 4.69) is 9.84 Å². The highest BCUT2D eigenvalue weighted by Crippen LogP contribution is 2.23. The van der Waals surface area contributed by atoms with Crippen molar-refractivity contribution < 1.29 is 32.2 Å². The van der Waals surface area contributed by atoms with Gasteiger partial charge in [0.1, 0.15) is 18.1 Å². The zero-order chi connectivity index (χ0) is 17.0. The third-order valence-electron chi connectivity index (χ3n) is 2.97. The predicted octanol–water partition coefficient (Wildman–Crippen LogP) is 2.24. The third kappa shape index (κ3) is 4.97. The van der Waals surface area contributed by atoms with Crippen molar-refractivity contribution in [1.82, 2.24) is 5.01 Å². The van der Waals surface area contributed by atoms with Crippen LogP contribution in [0.1, 0.15) is 18.4 Å². The Hall–Kier alpha value is -2.58. The van der Waals surface area contributed by atoms with E-state index in [9.17, 15) is 22.8 Å². The van der Waals surface area contributed by atoms with Gasteiger partial charge in [-0.3, -0.25) is 4.79 Å². The molecule has 0 aromatic heterocycles. The van der Waals surface area contributed by atoms with E-state index in [-0.39, 0.29) is 36.8 Å². The number of rotatable bonds is 4. The number of hydrazone groups is 1. The van der Waals surface area contributed by atoms with Crippen molar-refractivity contribution in [2.45, 2.75) is 25.8 Å². The fourth-order valence-corrected chi connectivity index (χ4v) is 1.84. The molecule has 0 N–H and O–H groups in total. The Kier molecular flexibility index (Phi) is 4.87. The zero-order valence-corrected chi connectivity index (χ0v) is 12.1. The topological polar surface area (TPSA) is 68.2 Å². The van der Waals surface area contributed by atoms with E-state index in [0.29, 0.717) is 5.56 Å². The van der Waals surface area contributed by atoms with Crippen molar-refractivity contribution in [3.05, 3.63) is 29.8 Å². The molecule has 2 rings (SSSR count). The van der Waals surface area contributed by atoms with Crippen LogP contribution >= 0.6 is 0 Å². The van der Waals surface area contributed by atoms with E-state index >= 15 is 0 Å². The summed E-state index contributed by atoms with van der Waals surface area (Å²) >= 11 is 0. The first-order valence-corrected chi connectivity index (χ1v) is 6.60. The molecule has 23 heavy (non-hydrogen) atoms. The molecule has 0 atom stereocenters. The first-order chi connectivity index (χ1) is 10.7. The summed E-state index contributed by atoms with van der Waals surface area (Å²) in [4.78, 5) is 23.1. The zero-order valence-electron chi connectivity index (χ0n) is 12.1. The van der Waals surface area contributed by atoms with E-state index in [1.165, 1.54) is 19.2 Å². The lowest BCUT2D eigenvalue weighted by atomic mass is 10.2. The fraction of sp³-hybridized carbons (Fsp3) is 0.357. The second-order valence-electron chi connectivity index (χ2n) is 4.73. The lowest BCUT2D eigenvalue weighted by Gasteiger charge is -2.18. The second-order valence-corrected chi connectivity index (χ2v) is 4.73. The number of carbonyl (C=O) groups is 2. The van der Waals surface area contributed by atoms with Crippen molar-refractivity contribution in [2.75, 3.05) is 7.05 Å². The van der Waals surface area contributed by atoms with Gasteiger partial charge in [-0.05, 0) is 17.7 Å². The third-order valence-corrected chi connectivity index (χ3v) is 2.97. The smallest absolute Gasteiger partial charge is 0.456 e. The van der Waals surface area contributed by atoms with Crippen LogP contribution in [0.3, 0.4) is 0 Å². The van der Waals surface area contributed by atoms with Gasteiger partial charge in [-0.1, -0.05) is 12.1 Å². The van der Waals surface area contributed by atoms with Crippen LogP contribution in [0.25, 0.3) is 0 Å². The van der Waals surface area contributed by atoms with Crippen molar-refractivity contribution >= 4 is 17.6 Å². The fourth-order valence-electron chi connectivity index (χ4n) is 1.84. The number of amides is 1. The first kappa shape index (κ1) is 16.8. The molecular weight excluding hydrogens is 317 g/mol. The largest absolute Gasteiger partial charge is 0.573 e. The lowest BCUT2D eigenvalue weighted by molar-refractivity contribution is -0.274. The van der Waals surface area contributed by atoms with Gasteiger partial charge in [0.2, 0.25) is 5.91 Å². The van der Waals surface area contributed by atoms with Gasteiger partial charge in [0.05, 0.1) is 0 Å². The Balaban J connectivity index is 1.90. The Morgan fingerprint density at radius 1 is 1.26 bits per heavy atom. The van der Waals surface area contributed by atoms with E-state index in [0.717, 1.165) is 17.1 Å². The molecular formula is C14H13F3N2O4. The van der Waals surface area contributed by atoms with Crippen molar-refractivity contribution in [3.8, 4) is 5.75 Å². The minimum absolute atomic E-state index is 0.123. The summed E-state index contributed by atoms with van der Waals surface area (Å²) in [6.45, 7) is -0.123. The van der Waals surface area contributed by atoms with Gasteiger partial charge in [-0.2, -0.15) is 5.10 Å². The predicted molar refractivity (Wildman–Crippen MR) is 72.4 cm³/mol. The molecule has 6 nitrogen and oxygen atoms in total. The maximum absolute atomic E-state index is 12.0. The molecule has 0 spiro atoms. The highest BCUT2D eigenvalue weighted by molar-refractivity contribution is 6.37. The quantitative estimate of drug-likeness (QED) is 0.794. The average Bonchev–Trinajstić information content (AvgIpc) is 2.47. The van der Waals surface area contributed by atoms with Crippen LogP contribution < -0.4 is 4.74 Å². The number of benzene rings is 1. The molecule has 0 saturated heterocycles. The molecule has 124 valence electrons. The SMILES string of the molecule is CN1N=C(C(=O)OCc2ccc(OC(F)(F)F)cc2)CCC1=O. The number of halogens is 3. The van der Waals surface area contributed by atoms with Crippen LogP contribution in [-0.2, 0) is 20.9 Å². The summed E-state index contributed by atoms with van der Waals surface area (Å²) in [5, 5.41) is 4.88. The molecule has 0 bridgehead atoms. The number of hydrogen-bond acceptors (Lipinski definition) is 5. The number of esters is 1. The van der Waals surface area contributed by atoms with E-state index in [1.54, 1.807) is 0 Å². The monoisotopic (exact) mass is 330 g/mol. The van der Waals surface area contributed by atoms with Crippen LogP contribution in [0.5, 0.6) is 5.75 Å². The van der Waals surface area contributed by atoms with Gasteiger partial charge in [0.25, 0.3) is 0 Å². The highest BCUT2D eigenvalue weighted by atomic mass is 19.4. The standard InChI is InChI=1S/C14H13F3N2O4/c1-19-12(20)7-6-11(18-19)13(21)22-8-9-2-4-10(5-3-9)23-14(15,16)17/h2-5H,6-8H2,1H3. The van der Waals surface area contributed by atoms with Crippen LogP contribution in [-0.4, -0.2) is 36.0 Å². The summed E-state index contributed by atoms with van der Waals surface area (Å²) in [7, 11) is 1.44. The molecule has 9 heteroatoms. The summed E-state index contributed by atoms with van der Waals surface area (Å²) in [5.41, 5.74) is 0.623. The van der Waals surface area contributed by atoms with Crippen LogP contribution in [0.15, 0.2) is 29.4 Å². The Morgan fingerprint density at radius 3 is 2.48 bits per heavy atom. The number of alkyl halides is 3. The Bertz CT molecular complexity index is 626. The molecule has 1 aliphatic rings. The lowest BCUT2D eigenvalue weighted by Crippen LogP contribution is -2.32. The summed E-state index contributed by atoms with van der Waals surface area (Å²) in [5.74, 6) is -1.22. The second kappa shape index (κ2) is 6.67. The molecule has 1 amide bonds. The maximum Gasteiger partial charge on any atom is 0.573 e. The number of ether oxygens (including phenoxy) is 2. The summed E-state index contributed by atoms with van der Waals surface area (Å²) in [6.07, 6.45) is -4.38. The number of nitrogens with zero attached hydrogens (tertiary/aromatic N) is 2. The number of hydrogen-bond donors (Lipinski definition) is 0. The molecule has 1 aliphatic heterocycles. The molecule has 1 heterocycles. The summed E-state index contributed by atoms with van der Waals surface area (Å²) < 4.78 is 44.8. The normalized spacial score (nSPS) is 15.2. The average molecular weight is 330 g/mol. The van der Waals surface area contributed by atoms with Gasteiger partial charge in [-0.25, -0.2) is 9.80 Å².